The van der Waals surface area contributed by atoms with E-state index < -0.39 is 0 Å². The molecule has 2 heterocycles. The molecule has 4 aromatic rings. The quantitative estimate of drug-likeness (QED) is 0.219. The summed E-state index contributed by atoms with van der Waals surface area (Å²) >= 11 is 0. The van der Waals surface area contributed by atoms with E-state index in [0.29, 0.717) is 42.1 Å². The van der Waals surface area contributed by atoms with Gasteiger partial charge in [-0.3, -0.25) is 9.59 Å². The molecule has 0 aliphatic carbocycles. The van der Waals surface area contributed by atoms with Gasteiger partial charge in [-0.15, -0.1) is 0 Å². The molecule has 9 nitrogen and oxygen atoms in total. The van der Waals surface area contributed by atoms with Crippen LogP contribution in [0.3, 0.4) is 0 Å². The molecule has 1 aliphatic rings. The van der Waals surface area contributed by atoms with Crippen molar-refractivity contribution in [1.29, 1.82) is 0 Å². The highest BCUT2D eigenvalue weighted by Crippen LogP contribution is 2.33. The largest absolute Gasteiger partial charge is 0.497 e. The Kier molecular flexibility index (Phi) is 10.4. The Morgan fingerprint density at radius 3 is 1.95 bits per heavy atom. The van der Waals surface area contributed by atoms with E-state index >= 15 is 0 Å². The van der Waals surface area contributed by atoms with E-state index in [4.69, 9.17) is 18.9 Å². The number of rotatable bonds is 14. The number of ether oxygens (including phenoxy) is 4. The fourth-order valence-electron chi connectivity index (χ4n) is 5.43. The first-order valence-corrected chi connectivity index (χ1v) is 15.2. The van der Waals surface area contributed by atoms with Crippen LogP contribution < -0.4 is 29.7 Å². The summed E-state index contributed by atoms with van der Waals surface area (Å²) in [5.74, 6) is 2.35. The first-order chi connectivity index (χ1) is 21.5. The summed E-state index contributed by atoms with van der Waals surface area (Å²) in [6.07, 6.45) is 4.23. The second-order valence-corrected chi connectivity index (χ2v) is 10.9. The highest BCUT2D eigenvalue weighted by molar-refractivity contribution is 5.85. The predicted molar refractivity (Wildman–Crippen MR) is 171 cm³/mol. The molecule has 1 saturated heterocycles. The van der Waals surface area contributed by atoms with Crippen LogP contribution in [-0.4, -0.2) is 55.8 Å². The summed E-state index contributed by atoms with van der Waals surface area (Å²) in [5.41, 5.74) is 2.89. The highest BCUT2D eigenvalue weighted by atomic mass is 16.5. The minimum absolute atomic E-state index is 0.0204. The fraction of sp³-hybridized carbons (Fsp3) is 0.371. The zero-order chi connectivity index (χ0) is 30.9. The molecular formula is C35H41N3O6. The molecule has 1 N–H and O–H groups in total. The SMILES string of the molecule is CCn1cc(CC(=O)NCCN2CCCC2)c(=O)c2cc(OCc3ccc(OC)cc3)c(OCc3ccc(OC)cc3)cc21. The Hall–Kier alpha value is -4.50. The molecule has 1 amide bonds. The molecule has 9 heteroatoms. The van der Waals surface area contributed by atoms with Crippen molar-refractivity contribution in [3.63, 3.8) is 0 Å². The van der Waals surface area contributed by atoms with Gasteiger partial charge in [0.25, 0.3) is 0 Å². The van der Waals surface area contributed by atoms with Crippen molar-refractivity contribution in [1.82, 2.24) is 14.8 Å². The Morgan fingerprint density at radius 1 is 0.841 bits per heavy atom. The third-order valence-corrected chi connectivity index (χ3v) is 7.97. The lowest BCUT2D eigenvalue weighted by Crippen LogP contribution is -2.35. The number of methoxy groups -OCH3 is 2. The van der Waals surface area contributed by atoms with Crippen LogP contribution in [0.25, 0.3) is 10.9 Å². The van der Waals surface area contributed by atoms with E-state index in [1.165, 1.54) is 12.8 Å². The van der Waals surface area contributed by atoms with E-state index in [9.17, 15) is 9.59 Å². The summed E-state index contributed by atoms with van der Waals surface area (Å²) in [6.45, 7) is 6.77. The van der Waals surface area contributed by atoms with Gasteiger partial charge in [0.05, 0.1) is 26.2 Å². The zero-order valence-electron chi connectivity index (χ0n) is 25.8. The van der Waals surface area contributed by atoms with Gasteiger partial charge in [0, 0.05) is 42.8 Å². The number of hydrogen-bond acceptors (Lipinski definition) is 7. The van der Waals surface area contributed by atoms with Crippen LogP contribution in [0.2, 0.25) is 0 Å². The molecule has 0 atom stereocenters. The van der Waals surface area contributed by atoms with Gasteiger partial charge in [-0.05, 0) is 74.3 Å². The molecule has 1 aliphatic heterocycles. The van der Waals surface area contributed by atoms with Crippen molar-refractivity contribution in [3.8, 4) is 23.0 Å². The number of pyridine rings is 1. The Morgan fingerprint density at radius 2 is 1.41 bits per heavy atom. The van der Waals surface area contributed by atoms with Crippen LogP contribution in [0.4, 0.5) is 0 Å². The number of likely N-dealkylation sites (tertiary alicyclic amines) is 1. The Balaban J connectivity index is 1.41. The summed E-state index contributed by atoms with van der Waals surface area (Å²) in [6, 6.07) is 18.9. The van der Waals surface area contributed by atoms with Crippen molar-refractivity contribution < 1.29 is 23.7 Å². The van der Waals surface area contributed by atoms with E-state index in [2.05, 4.69) is 10.2 Å². The maximum absolute atomic E-state index is 13.7. The number of benzene rings is 3. The minimum atomic E-state index is -0.185. The van der Waals surface area contributed by atoms with Crippen molar-refractivity contribution in [2.75, 3.05) is 40.4 Å². The number of nitrogens with one attached hydrogen (secondary N) is 1. The lowest BCUT2D eigenvalue weighted by molar-refractivity contribution is -0.120. The van der Waals surface area contributed by atoms with Crippen LogP contribution in [0.15, 0.2) is 71.7 Å². The lowest BCUT2D eigenvalue weighted by atomic mass is 10.1. The second-order valence-electron chi connectivity index (χ2n) is 10.9. The topological polar surface area (TPSA) is 91.3 Å². The summed E-state index contributed by atoms with van der Waals surface area (Å²) < 4.78 is 25.1. The molecule has 0 radical (unpaired) electrons. The van der Waals surface area contributed by atoms with Gasteiger partial charge in [-0.1, -0.05) is 24.3 Å². The third kappa shape index (κ3) is 7.71. The molecule has 5 rings (SSSR count). The summed E-state index contributed by atoms with van der Waals surface area (Å²) in [4.78, 5) is 28.9. The first-order valence-electron chi connectivity index (χ1n) is 15.2. The average molecular weight is 600 g/mol. The summed E-state index contributed by atoms with van der Waals surface area (Å²) in [5, 5.41) is 3.47. The number of nitrogens with zero attached hydrogens (tertiary/aromatic N) is 2. The minimum Gasteiger partial charge on any atom is -0.497 e. The van der Waals surface area contributed by atoms with Crippen molar-refractivity contribution in [2.24, 2.45) is 0 Å². The number of carbonyl (C=O) groups excluding carboxylic acids is 1. The molecule has 3 aromatic carbocycles. The van der Waals surface area contributed by atoms with Crippen LogP contribution in [0, 0.1) is 0 Å². The number of fused-ring (bicyclic) bond motifs is 1. The molecule has 0 bridgehead atoms. The maximum Gasteiger partial charge on any atom is 0.224 e. The molecule has 0 unspecified atom stereocenters. The van der Waals surface area contributed by atoms with Gasteiger partial charge >= 0.3 is 0 Å². The van der Waals surface area contributed by atoms with Crippen molar-refractivity contribution >= 4 is 16.8 Å². The fourth-order valence-corrected chi connectivity index (χ4v) is 5.43. The third-order valence-electron chi connectivity index (χ3n) is 7.97. The maximum atomic E-state index is 13.7. The molecule has 44 heavy (non-hydrogen) atoms. The van der Waals surface area contributed by atoms with Crippen LogP contribution in [0.1, 0.15) is 36.5 Å². The number of hydrogen-bond donors (Lipinski definition) is 1. The van der Waals surface area contributed by atoms with Crippen molar-refractivity contribution in [3.05, 3.63) is 93.8 Å². The van der Waals surface area contributed by atoms with Crippen molar-refractivity contribution in [2.45, 2.75) is 45.9 Å². The monoisotopic (exact) mass is 599 g/mol. The normalized spacial score (nSPS) is 13.2. The summed E-state index contributed by atoms with van der Waals surface area (Å²) in [7, 11) is 3.26. The molecule has 1 aromatic heterocycles. The van der Waals surface area contributed by atoms with Gasteiger partial charge in [0.15, 0.2) is 16.9 Å². The van der Waals surface area contributed by atoms with Gasteiger partial charge in [0.2, 0.25) is 5.91 Å². The Bertz CT molecular complexity index is 1610. The smallest absolute Gasteiger partial charge is 0.224 e. The average Bonchev–Trinajstić information content (AvgIpc) is 3.58. The van der Waals surface area contributed by atoms with Crippen LogP contribution in [0.5, 0.6) is 23.0 Å². The Labute approximate surface area is 258 Å². The van der Waals surface area contributed by atoms with Gasteiger partial charge in [-0.25, -0.2) is 0 Å². The predicted octanol–water partition coefficient (Wildman–Crippen LogP) is 4.95. The zero-order valence-corrected chi connectivity index (χ0v) is 25.8. The second kappa shape index (κ2) is 14.8. The molecule has 1 fully saturated rings. The number of amides is 1. The molecule has 0 spiro atoms. The molecule has 0 saturated carbocycles. The van der Waals surface area contributed by atoms with E-state index in [1.54, 1.807) is 26.5 Å². The number of carbonyl (C=O) groups is 1. The number of aromatic nitrogens is 1. The lowest BCUT2D eigenvalue weighted by Gasteiger charge is -2.18. The van der Waals surface area contributed by atoms with Gasteiger partial charge in [0.1, 0.15) is 24.7 Å². The van der Waals surface area contributed by atoms with E-state index in [-0.39, 0.29) is 24.4 Å². The van der Waals surface area contributed by atoms with E-state index in [1.807, 2.05) is 66.1 Å². The molecule has 232 valence electrons. The van der Waals surface area contributed by atoms with Crippen LogP contribution in [-0.2, 0) is 31.0 Å². The first kappa shape index (κ1) is 30.9. The number of aryl methyl sites for hydroxylation is 1. The van der Waals surface area contributed by atoms with Gasteiger partial charge < -0.3 is 33.7 Å². The van der Waals surface area contributed by atoms with E-state index in [0.717, 1.165) is 47.8 Å². The van der Waals surface area contributed by atoms with Gasteiger partial charge in [-0.2, -0.15) is 0 Å². The highest BCUT2D eigenvalue weighted by Gasteiger charge is 2.18. The standard InChI is InChI=1S/C35H41N3O6/c1-4-38-22-27(19-34(39)36-15-18-37-16-5-6-17-37)35(40)30-20-32(43-23-25-7-11-28(41-2)12-8-25)33(21-31(30)38)44-24-26-9-13-29(42-3)14-10-26/h7-14,20-22H,4-6,15-19,23-24H2,1-3H3,(H,36,39). The molecular weight excluding hydrogens is 558 g/mol. The van der Waals surface area contributed by atoms with Crippen LogP contribution >= 0.6 is 0 Å².